The molecule has 3 rings (SSSR count). The number of carbonyl (C=O) groups is 1. The van der Waals surface area contributed by atoms with E-state index in [9.17, 15) is 18.4 Å². The smallest absolute Gasteiger partial charge is 0.387 e. The van der Waals surface area contributed by atoms with Crippen molar-refractivity contribution in [2.45, 2.75) is 13.5 Å². The van der Waals surface area contributed by atoms with E-state index < -0.39 is 24.8 Å². The van der Waals surface area contributed by atoms with E-state index in [-0.39, 0.29) is 27.8 Å². The highest BCUT2D eigenvalue weighted by molar-refractivity contribution is 6.32. The van der Waals surface area contributed by atoms with Gasteiger partial charge in [0.1, 0.15) is 17.1 Å². The van der Waals surface area contributed by atoms with E-state index in [0.29, 0.717) is 10.9 Å². The van der Waals surface area contributed by atoms with E-state index in [1.54, 1.807) is 19.1 Å². The second kappa shape index (κ2) is 8.26. The lowest BCUT2D eigenvalue weighted by Gasteiger charge is -2.13. The summed E-state index contributed by atoms with van der Waals surface area (Å²) in [6, 6.07) is 10.1. The van der Waals surface area contributed by atoms with Crippen LogP contribution in [0.5, 0.6) is 11.5 Å². The minimum absolute atomic E-state index is 0.0719. The molecule has 28 heavy (non-hydrogen) atoms. The molecule has 0 bridgehead atoms. The predicted molar refractivity (Wildman–Crippen MR) is 99.4 cm³/mol. The molecule has 1 aromatic heterocycles. The molecule has 0 fully saturated rings. The average molecular weight is 410 g/mol. The number of fused-ring (bicyclic) bond motifs is 1. The van der Waals surface area contributed by atoms with Crippen molar-refractivity contribution in [1.29, 1.82) is 0 Å². The summed E-state index contributed by atoms with van der Waals surface area (Å²) < 4.78 is 39.7. The number of benzene rings is 2. The molecular weight excluding hydrogens is 396 g/mol. The lowest BCUT2D eigenvalue weighted by Crippen LogP contribution is -2.21. The summed E-state index contributed by atoms with van der Waals surface area (Å²) in [4.78, 5) is 23.6. The number of hydrogen-bond donors (Lipinski definition) is 1. The Hall–Kier alpha value is -3.13. The lowest BCUT2D eigenvalue weighted by atomic mass is 10.1. The molecule has 6 nitrogen and oxygen atoms in total. The molecule has 0 aliphatic heterocycles. The topological polar surface area (TPSA) is 77.8 Å². The summed E-state index contributed by atoms with van der Waals surface area (Å²) in [5.74, 6) is -0.658. The first-order chi connectivity index (χ1) is 13.3. The Labute approximate surface area is 162 Å². The predicted octanol–water partition coefficient (Wildman–Crippen LogP) is 4.37. The molecular formula is C19H14ClF2NO5. The standard InChI is InChI=1S/C19H14ClF2NO5/c1-10-6-18(25)27-15-8-16(12(20)7-11(10)15)26-9-17(24)23-13-4-2-3-5-14(13)28-19(21)22/h2-8,19H,9H2,1H3,(H,23,24). The molecule has 1 heterocycles. The number of aryl methyl sites for hydroxylation is 1. The Morgan fingerprint density at radius 2 is 1.96 bits per heavy atom. The lowest BCUT2D eigenvalue weighted by molar-refractivity contribution is -0.118. The van der Waals surface area contributed by atoms with Gasteiger partial charge in [-0.2, -0.15) is 8.78 Å². The molecule has 0 saturated heterocycles. The maximum Gasteiger partial charge on any atom is 0.387 e. The van der Waals surface area contributed by atoms with Crippen LogP contribution in [0, 0.1) is 6.92 Å². The van der Waals surface area contributed by atoms with Gasteiger partial charge in [0.15, 0.2) is 6.61 Å². The van der Waals surface area contributed by atoms with Crippen LogP contribution in [-0.4, -0.2) is 19.1 Å². The molecule has 0 spiro atoms. The van der Waals surface area contributed by atoms with E-state index in [4.69, 9.17) is 20.8 Å². The number of nitrogens with one attached hydrogen (secondary N) is 1. The van der Waals surface area contributed by atoms with Gasteiger partial charge in [0.2, 0.25) is 0 Å². The van der Waals surface area contributed by atoms with Crippen molar-refractivity contribution in [1.82, 2.24) is 0 Å². The van der Waals surface area contributed by atoms with Gasteiger partial charge in [-0.15, -0.1) is 0 Å². The fourth-order valence-electron chi connectivity index (χ4n) is 2.53. The van der Waals surface area contributed by atoms with Crippen LogP contribution in [0.1, 0.15) is 5.56 Å². The molecule has 0 atom stereocenters. The first-order valence-corrected chi connectivity index (χ1v) is 8.42. The second-order valence-electron chi connectivity index (χ2n) is 5.74. The van der Waals surface area contributed by atoms with Crippen LogP contribution in [0.25, 0.3) is 11.0 Å². The number of alkyl halides is 2. The quantitative estimate of drug-likeness (QED) is 0.611. The van der Waals surface area contributed by atoms with Crippen molar-refractivity contribution in [3.05, 3.63) is 63.5 Å². The van der Waals surface area contributed by atoms with Gasteiger partial charge in [0, 0.05) is 17.5 Å². The zero-order chi connectivity index (χ0) is 20.3. The van der Waals surface area contributed by atoms with Gasteiger partial charge in [-0.3, -0.25) is 4.79 Å². The van der Waals surface area contributed by atoms with Crippen LogP contribution < -0.4 is 20.4 Å². The average Bonchev–Trinajstić information content (AvgIpc) is 2.62. The van der Waals surface area contributed by atoms with Crippen molar-refractivity contribution < 1.29 is 27.5 Å². The first kappa shape index (κ1) is 19.6. The minimum Gasteiger partial charge on any atom is -0.482 e. The molecule has 1 N–H and O–H groups in total. The summed E-state index contributed by atoms with van der Waals surface area (Å²) in [7, 11) is 0. The van der Waals surface area contributed by atoms with Gasteiger partial charge < -0.3 is 19.2 Å². The van der Waals surface area contributed by atoms with Gasteiger partial charge >= 0.3 is 12.2 Å². The molecule has 3 aromatic rings. The summed E-state index contributed by atoms with van der Waals surface area (Å²) in [6.07, 6.45) is 0. The number of anilines is 1. The maximum absolute atomic E-state index is 12.4. The van der Waals surface area contributed by atoms with Gasteiger partial charge in [-0.05, 0) is 30.7 Å². The molecule has 2 aromatic carbocycles. The van der Waals surface area contributed by atoms with Crippen molar-refractivity contribution >= 4 is 34.2 Å². The van der Waals surface area contributed by atoms with E-state index in [1.165, 1.54) is 30.3 Å². The monoisotopic (exact) mass is 409 g/mol. The number of ether oxygens (including phenoxy) is 2. The fourth-order valence-corrected chi connectivity index (χ4v) is 2.75. The molecule has 0 aliphatic carbocycles. The van der Waals surface area contributed by atoms with E-state index >= 15 is 0 Å². The molecule has 0 saturated carbocycles. The highest BCUT2D eigenvalue weighted by Gasteiger charge is 2.14. The van der Waals surface area contributed by atoms with Crippen molar-refractivity contribution in [2.75, 3.05) is 11.9 Å². The van der Waals surface area contributed by atoms with E-state index in [2.05, 4.69) is 10.1 Å². The largest absolute Gasteiger partial charge is 0.482 e. The Morgan fingerprint density at radius 1 is 1.21 bits per heavy atom. The summed E-state index contributed by atoms with van der Waals surface area (Å²) in [5, 5.41) is 3.28. The Morgan fingerprint density at radius 3 is 2.71 bits per heavy atom. The Kier molecular flexibility index (Phi) is 5.79. The number of carbonyl (C=O) groups excluding carboxylic acids is 1. The molecule has 9 heteroatoms. The molecule has 146 valence electrons. The summed E-state index contributed by atoms with van der Waals surface area (Å²) >= 11 is 6.16. The third-order valence-corrected chi connectivity index (χ3v) is 4.04. The summed E-state index contributed by atoms with van der Waals surface area (Å²) in [6.45, 7) is -1.74. The van der Waals surface area contributed by atoms with Crippen molar-refractivity contribution in [3.63, 3.8) is 0 Å². The normalized spacial score (nSPS) is 10.9. The molecule has 1 amide bonds. The Bertz CT molecular complexity index is 1080. The fraction of sp³-hybridized carbons (Fsp3) is 0.158. The second-order valence-corrected chi connectivity index (χ2v) is 6.15. The Balaban J connectivity index is 1.73. The number of hydrogen-bond acceptors (Lipinski definition) is 5. The van der Waals surface area contributed by atoms with Gasteiger partial charge in [0.25, 0.3) is 5.91 Å². The number of halogens is 3. The zero-order valence-electron chi connectivity index (χ0n) is 14.5. The minimum atomic E-state index is -3.02. The van der Waals surface area contributed by atoms with Gasteiger partial charge in [-0.25, -0.2) is 4.79 Å². The number of amides is 1. The number of para-hydroxylation sites is 2. The molecule has 0 radical (unpaired) electrons. The number of rotatable bonds is 6. The SMILES string of the molecule is Cc1cc(=O)oc2cc(OCC(=O)Nc3ccccc3OC(F)F)c(Cl)cc12. The highest BCUT2D eigenvalue weighted by Crippen LogP contribution is 2.31. The van der Waals surface area contributed by atoms with Crippen molar-refractivity contribution in [2.24, 2.45) is 0 Å². The van der Waals surface area contributed by atoms with Crippen LogP contribution in [0.2, 0.25) is 5.02 Å². The van der Waals surface area contributed by atoms with Gasteiger partial charge in [-0.1, -0.05) is 23.7 Å². The van der Waals surface area contributed by atoms with Crippen LogP contribution in [0.4, 0.5) is 14.5 Å². The van der Waals surface area contributed by atoms with Crippen LogP contribution in [0.3, 0.4) is 0 Å². The van der Waals surface area contributed by atoms with E-state index in [1.807, 2.05) is 0 Å². The third kappa shape index (κ3) is 4.58. The summed E-state index contributed by atoms with van der Waals surface area (Å²) in [5.41, 5.74) is 0.503. The highest BCUT2D eigenvalue weighted by atomic mass is 35.5. The van der Waals surface area contributed by atoms with Crippen molar-refractivity contribution in [3.8, 4) is 11.5 Å². The zero-order valence-corrected chi connectivity index (χ0v) is 15.3. The molecule has 0 unspecified atom stereocenters. The maximum atomic E-state index is 12.4. The van der Waals surface area contributed by atoms with Crippen LogP contribution in [-0.2, 0) is 4.79 Å². The van der Waals surface area contributed by atoms with Crippen LogP contribution >= 0.6 is 11.6 Å². The first-order valence-electron chi connectivity index (χ1n) is 8.04. The third-order valence-electron chi connectivity index (χ3n) is 3.74. The van der Waals surface area contributed by atoms with Crippen LogP contribution in [0.15, 0.2) is 51.7 Å². The van der Waals surface area contributed by atoms with E-state index in [0.717, 1.165) is 0 Å². The molecule has 0 aliphatic rings. The van der Waals surface area contributed by atoms with Gasteiger partial charge in [0.05, 0.1) is 10.7 Å².